The van der Waals surface area contributed by atoms with Gasteiger partial charge < -0.3 is 15.0 Å². The maximum Gasteiger partial charge on any atom is 0.262 e. The highest BCUT2D eigenvalue weighted by molar-refractivity contribution is 7.71. The molecule has 1 aromatic heterocycles. The van der Waals surface area contributed by atoms with Gasteiger partial charge in [0.15, 0.2) is 4.77 Å². The quantitative estimate of drug-likeness (QED) is 0.642. The van der Waals surface area contributed by atoms with Gasteiger partial charge in [0.2, 0.25) is 0 Å². The van der Waals surface area contributed by atoms with Crippen LogP contribution in [0.4, 0.5) is 0 Å². The van der Waals surface area contributed by atoms with Crippen LogP contribution in [-0.2, 0) is 17.8 Å². The summed E-state index contributed by atoms with van der Waals surface area (Å²) < 4.78 is 6.78. The number of aromatic nitrogens is 2. The van der Waals surface area contributed by atoms with Gasteiger partial charge in [-0.25, -0.2) is 0 Å². The highest BCUT2D eigenvalue weighted by Gasteiger charge is 2.10. The zero-order chi connectivity index (χ0) is 19.4. The first-order valence-electron chi connectivity index (χ1n) is 8.59. The van der Waals surface area contributed by atoms with Gasteiger partial charge in [-0.3, -0.25) is 14.2 Å². The molecule has 2 aromatic carbocycles. The second kappa shape index (κ2) is 8.28. The molecular formula is C20H21N3O3S. The van der Waals surface area contributed by atoms with Crippen LogP contribution in [0.1, 0.15) is 21.5 Å². The second-order valence-corrected chi connectivity index (χ2v) is 6.70. The Bertz CT molecular complexity index is 1080. The average Bonchev–Trinajstić information content (AvgIpc) is 2.66. The molecule has 0 fully saturated rings. The van der Waals surface area contributed by atoms with E-state index in [2.05, 4.69) is 10.3 Å². The van der Waals surface area contributed by atoms with E-state index in [9.17, 15) is 9.59 Å². The minimum Gasteiger partial charge on any atom is -0.383 e. The summed E-state index contributed by atoms with van der Waals surface area (Å²) in [6.45, 7) is 3.22. The summed E-state index contributed by atoms with van der Waals surface area (Å²) in [5, 5.41) is 3.37. The molecule has 1 heterocycles. The Kier molecular flexibility index (Phi) is 5.83. The van der Waals surface area contributed by atoms with Gasteiger partial charge in [0, 0.05) is 19.2 Å². The molecule has 0 aliphatic heterocycles. The first kappa shape index (κ1) is 19.0. The van der Waals surface area contributed by atoms with Gasteiger partial charge >= 0.3 is 0 Å². The van der Waals surface area contributed by atoms with E-state index in [-0.39, 0.29) is 11.5 Å². The Morgan fingerprint density at radius 3 is 2.67 bits per heavy atom. The lowest BCUT2D eigenvalue weighted by Crippen LogP contribution is -2.25. The molecule has 0 unspecified atom stereocenters. The molecule has 0 atom stereocenters. The highest BCUT2D eigenvalue weighted by Crippen LogP contribution is 2.11. The summed E-state index contributed by atoms with van der Waals surface area (Å²) in [4.78, 5) is 28.1. The molecule has 140 valence electrons. The molecule has 0 spiro atoms. The number of benzene rings is 2. The molecule has 0 aliphatic rings. The predicted molar refractivity (Wildman–Crippen MR) is 108 cm³/mol. The Labute approximate surface area is 161 Å². The number of aromatic amines is 1. The van der Waals surface area contributed by atoms with E-state index in [4.69, 9.17) is 17.0 Å². The van der Waals surface area contributed by atoms with Gasteiger partial charge in [-0.15, -0.1) is 0 Å². The minimum absolute atomic E-state index is 0.197. The summed E-state index contributed by atoms with van der Waals surface area (Å²) in [5.41, 5.74) is 3.01. The summed E-state index contributed by atoms with van der Waals surface area (Å²) in [7, 11) is 1.57. The van der Waals surface area contributed by atoms with E-state index in [1.807, 2.05) is 31.2 Å². The largest absolute Gasteiger partial charge is 0.383 e. The lowest BCUT2D eigenvalue weighted by Gasteiger charge is -2.09. The van der Waals surface area contributed by atoms with E-state index >= 15 is 0 Å². The standard InChI is InChI=1S/C20H21N3O3S/c1-13-3-5-14(6-4-13)12-21-18(24)15-7-8-16-17(11-15)22-20(27)23(19(16)25)9-10-26-2/h3-8,11H,9-10,12H2,1-2H3,(H,21,24)(H,22,27). The van der Waals surface area contributed by atoms with E-state index in [1.54, 1.807) is 25.3 Å². The van der Waals surface area contributed by atoms with Crippen molar-refractivity contribution in [1.82, 2.24) is 14.9 Å². The zero-order valence-electron chi connectivity index (χ0n) is 15.2. The van der Waals surface area contributed by atoms with Gasteiger partial charge in [0.25, 0.3) is 11.5 Å². The first-order valence-corrected chi connectivity index (χ1v) is 9.00. The van der Waals surface area contributed by atoms with E-state index in [0.29, 0.717) is 40.9 Å². The SMILES string of the molecule is COCCn1c(=S)[nH]c2cc(C(=O)NCc3ccc(C)cc3)ccc2c1=O. The fourth-order valence-electron chi connectivity index (χ4n) is 2.77. The van der Waals surface area contributed by atoms with Crippen LogP contribution in [0.2, 0.25) is 0 Å². The van der Waals surface area contributed by atoms with E-state index in [1.165, 1.54) is 10.1 Å². The van der Waals surface area contributed by atoms with Crippen molar-refractivity contribution in [2.45, 2.75) is 20.0 Å². The van der Waals surface area contributed by atoms with Crippen molar-refractivity contribution < 1.29 is 9.53 Å². The number of amides is 1. The molecule has 6 nitrogen and oxygen atoms in total. The van der Waals surface area contributed by atoms with Crippen LogP contribution in [0.5, 0.6) is 0 Å². The second-order valence-electron chi connectivity index (χ2n) is 6.31. The summed E-state index contributed by atoms with van der Waals surface area (Å²) in [6.07, 6.45) is 0. The molecule has 2 N–H and O–H groups in total. The maximum absolute atomic E-state index is 12.6. The zero-order valence-corrected chi connectivity index (χ0v) is 16.1. The van der Waals surface area contributed by atoms with Crippen LogP contribution < -0.4 is 10.9 Å². The van der Waals surface area contributed by atoms with Crippen molar-refractivity contribution >= 4 is 29.0 Å². The normalized spacial score (nSPS) is 10.9. The summed E-state index contributed by atoms with van der Waals surface area (Å²) >= 11 is 5.27. The molecule has 1 amide bonds. The number of rotatable bonds is 6. The van der Waals surface area contributed by atoms with Crippen LogP contribution >= 0.6 is 12.2 Å². The van der Waals surface area contributed by atoms with Crippen LogP contribution in [0.25, 0.3) is 10.9 Å². The number of H-pyrrole nitrogens is 1. The third-order valence-electron chi connectivity index (χ3n) is 4.34. The van der Waals surface area contributed by atoms with Gasteiger partial charge in [-0.05, 0) is 42.9 Å². The summed E-state index contributed by atoms with van der Waals surface area (Å²) in [6, 6.07) is 12.9. The average molecular weight is 383 g/mol. The number of methoxy groups -OCH3 is 1. The first-order chi connectivity index (χ1) is 13.0. The van der Waals surface area contributed by atoms with E-state index < -0.39 is 0 Å². The molecule has 0 aliphatic carbocycles. The number of nitrogens with zero attached hydrogens (tertiary/aromatic N) is 1. The number of ether oxygens (including phenoxy) is 1. The topological polar surface area (TPSA) is 76.1 Å². The Morgan fingerprint density at radius 1 is 1.22 bits per heavy atom. The number of carbonyl (C=O) groups is 1. The fourth-order valence-corrected chi connectivity index (χ4v) is 3.06. The minimum atomic E-state index is -0.208. The highest BCUT2D eigenvalue weighted by atomic mass is 32.1. The smallest absolute Gasteiger partial charge is 0.262 e. The van der Waals surface area contributed by atoms with Crippen LogP contribution in [0.3, 0.4) is 0 Å². The number of fused-ring (bicyclic) bond motifs is 1. The Hall–Kier alpha value is -2.77. The molecular weight excluding hydrogens is 362 g/mol. The number of hydrogen-bond donors (Lipinski definition) is 2. The molecule has 3 rings (SSSR count). The lowest BCUT2D eigenvalue weighted by atomic mass is 10.1. The van der Waals surface area contributed by atoms with Gasteiger partial charge in [-0.2, -0.15) is 0 Å². The van der Waals surface area contributed by atoms with Crippen molar-refractivity contribution in [3.8, 4) is 0 Å². The number of aryl methyl sites for hydroxylation is 1. The van der Waals surface area contributed by atoms with Crippen molar-refractivity contribution in [2.24, 2.45) is 0 Å². The Balaban J connectivity index is 1.83. The van der Waals surface area contributed by atoms with Gasteiger partial charge in [0.05, 0.1) is 24.1 Å². The fraction of sp³-hybridized carbons (Fsp3) is 0.250. The number of carbonyl (C=O) groups excluding carboxylic acids is 1. The molecule has 0 saturated heterocycles. The molecule has 7 heteroatoms. The predicted octanol–water partition coefficient (Wildman–Crippen LogP) is 2.94. The molecule has 0 saturated carbocycles. The van der Waals surface area contributed by atoms with Crippen LogP contribution in [0.15, 0.2) is 47.3 Å². The lowest BCUT2D eigenvalue weighted by molar-refractivity contribution is 0.0951. The number of hydrogen-bond acceptors (Lipinski definition) is 4. The van der Waals surface area contributed by atoms with Crippen LogP contribution in [0, 0.1) is 11.7 Å². The van der Waals surface area contributed by atoms with Crippen LogP contribution in [-0.4, -0.2) is 29.2 Å². The van der Waals surface area contributed by atoms with Crippen molar-refractivity contribution in [2.75, 3.05) is 13.7 Å². The van der Waals surface area contributed by atoms with Crippen molar-refractivity contribution in [1.29, 1.82) is 0 Å². The molecule has 0 bridgehead atoms. The monoisotopic (exact) mass is 383 g/mol. The molecule has 3 aromatic rings. The third-order valence-corrected chi connectivity index (χ3v) is 4.66. The van der Waals surface area contributed by atoms with E-state index in [0.717, 1.165) is 5.56 Å². The molecule has 27 heavy (non-hydrogen) atoms. The third kappa shape index (κ3) is 4.32. The van der Waals surface area contributed by atoms with Gasteiger partial charge in [0.1, 0.15) is 0 Å². The van der Waals surface area contributed by atoms with Crippen molar-refractivity contribution in [3.05, 3.63) is 74.3 Å². The molecule has 0 radical (unpaired) electrons. The maximum atomic E-state index is 12.6. The summed E-state index contributed by atoms with van der Waals surface area (Å²) in [5.74, 6) is -0.208. The van der Waals surface area contributed by atoms with Crippen molar-refractivity contribution in [3.63, 3.8) is 0 Å². The van der Waals surface area contributed by atoms with Gasteiger partial charge in [-0.1, -0.05) is 29.8 Å². The Morgan fingerprint density at radius 2 is 1.96 bits per heavy atom. The number of nitrogens with one attached hydrogen (secondary N) is 2.